The minimum absolute atomic E-state index is 0.0276. The molecule has 0 radical (unpaired) electrons. The van der Waals surface area contributed by atoms with E-state index < -0.39 is 0 Å². The van der Waals surface area contributed by atoms with Crippen LogP contribution in [0.2, 0.25) is 0 Å². The van der Waals surface area contributed by atoms with Crippen LogP contribution in [-0.2, 0) is 12.8 Å². The highest BCUT2D eigenvalue weighted by Gasteiger charge is 2.35. The first-order valence-corrected chi connectivity index (χ1v) is 8.58. The summed E-state index contributed by atoms with van der Waals surface area (Å²) in [6, 6.07) is 5.77. The smallest absolute Gasteiger partial charge is 0.254 e. The van der Waals surface area contributed by atoms with Crippen molar-refractivity contribution in [3.8, 4) is 0 Å². The number of carbonyl (C=O) groups excluding carboxylic acids is 1. The van der Waals surface area contributed by atoms with Crippen molar-refractivity contribution in [2.45, 2.75) is 51.2 Å². The van der Waals surface area contributed by atoms with Crippen molar-refractivity contribution in [2.24, 2.45) is 5.92 Å². The number of hydrogen-bond donors (Lipinski definition) is 3. The van der Waals surface area contributed by atoms with E-state index in [1.165, 1.54) is 0 Å². The molecule has 2 aromatic heterocycles. The molecule has 3 N–H and O–H groups in total. The first-order valence-electron chi connectivity index (χ1n) is 8.58. The second-order valence-corrected chi connectivity index (χ2v) is 6.50. The first-order chi connectivity index (χ1) is 11.7. The van der Waals surface area contributed by atoms with Gasteiger partial charge in [0.05, 0.1) is 17.9 Å². The van der Waals surface area contributed by atoms with Crippen molar-refractivity contribution < 1.29 is 9.90 Å². The maximum Gasteiger partial charge on any atom is 0.254 e. The molecule has 24 heavy (non-hydrogen) atoms. The van der Waals surface area contributed by atoms with E-state index in [2.05, 4.69) is 27.4 Å². The van der Waals surface area contributed by atoms with Crippen molar-refractivity contribution in [3.05, 3.63) is 47.5 Å². The van der Waals surface area contributed by atoms with Gasteiger partial charge in [0.2, 0.25) is 0 Å². The monoisotopic (exact) mass is 328 g/mol. The van der Waals surface area contributed by atoms with Gasteiger partial charge in [-0.2, -0.15) is 5.10 Å². The van der Waals surface area contributed by atoms with Gasteiger partial charge in [-0.05, 0) is 37.3 Å². The van der Waals surface area contributed by atoms with Crippen molar-refractivity contribution in [2.75, 3.05) is 0 Å². The zero-order valence-electron chi connectivity index (χ0n) is 13.9. The number of aromatic amines is 1. The summed E-state index contributed by atoms with van der Waals surface area (Å²) in [4.78, 5) is 17.0. The Balaban J connectivity index is 1.71. The third kappa shape index (κ3) is 3.82. The topological polar surface area (TPSA) is 90.9 Å². The van der Waals surface area contributed by atoms with E-state index in [1.54, 1.807) is 12.4 Å². The molecular formula is C18H24N4O2. The molecule has 3 rings (SSSR count). The molecule has 0 aliphatic heterocycles. The van der Waals surface area contributed by atoms with Crippen LogP contribution >= 0.6 is 0 Å². The van der Waals surface area contributed by atoms with Crippen LogP contribution in [0.25, 0.3) is 0 Å². The van der Waals surface area contributed by atoms with Gasteiger partial charge in [0.25, 0.3) is 5.91 Å². The molecule has 1 fully saturated rings. The minimum atomic E-state index is -0.247. The number of nitrogens with zero attached hydrogens (tertiary/aromatic N) is 2. The highest BCUT2D eigenvalue weighted by Crippen LogP contribution is 2.31. The van der Waals surface area contributed by atoms with Gasteiger partial charge >= 0.3 is 0 Å². The number of carbonyl (C=O) groups is 1. The van der Waals surface area contributed by atoms with Gasteiger partial charge < -0.3 is 10.4 Å². The molecule has 1 saturated carbocycles. The third-order valence-electron chi connectivity index (χ3n) is 4.65. The number of rotatable bonds is 7. The van der Waals surface area contributed by atoms with E-state index in [-0.39, 0.29) is 24.0 Å². The number of aryl methyl sites for hydroxylation is 1. The average molecular weight is 328 g/mol. The Morgan fingerprint density at radius 1 is 1.46 bits per heavy atom. The Kier molecular flexibility index (Phi) is 5.25. The highest BCUT2D eigenvalue weighted by atomic mass is 16.3. The summed E-state index contributed by atoms with van der Waals surface area (Å²) in [5.74, 6) is 0.182. The zero-order valence-corrected chi connectivity index (χ0v) is 13.9. The molecule has 128 valence electrons. The first kappa shape index (κ1) is 16.6. The number of nitrogens with one attached hydrogen (secondary N) is 2. The molecule has 0 saturated heterocycles. The molecule has 6 heteroatoms. The molecule has 2 aromatic rings. The number of aliphatic hydroxyl groups excluding tert-OH is 1. The Bertz CT molecular complexity index is 665. The normalized spacial score (nSPS) is 21.1. The predicted octanol–water partition coefficient (Wildman–Crippen LogP) is 1.87. The predicted molar refractivity (Wildman–Crippen MR) is 90.5 cm³/mol. The summed E-state index contributed by atoms with van der Waals surface area (Å²) >= 11 is 0. The largest absolute Gasteiger partial charge is 0.393 e. The van der Waals surface area contributed by atoms with Crippen LogP contribution in [0.4, 0.5) is 0 Å². The van der Waals surface area contributed by atoms with E-state index in [0.717, 1.165) is 37.1 Å². The zero-order chi connectivity index (χ0) is 16.9. The number of amides is 1. The van der Waals surface area contributed by atoms with Crippen LogP contribution in [0.1, 0.15) is 47.9 Å². The number of H-pyrrole nitrogens is 1. The molecule has 0 spiro atoms. The van der Waals surface area contributed by atoms with Crippen LogP contribution in [0.5, 0.6) is 0 Å². The summed E-state index contributed by atoms with van der Waals surface area (Å²) in [6.07, 6.45) is 6.99. The average Bonchev–Trinajstić information content (AvgIpc) is 3.01. The number of aromatic nitrogens is 3. The quantitative estimate of drug-likeness (QED) is 0.723. The number of pyridine rings is 1. The van der Waals surface area contributed by atoms with Gasteiger partial charge in [-0.25, -0.2) is 0 Å². The molecule has 6 nitrogen and oxygen atoms in total. The highest BCUT2D eigenvalue weighted by molar-refractivity contribution is 5.95. The Morgan fingerprint density at radius 3 is 2.96 bits per heavy atom. The van der Waals surface area contributed by atoms with Crippen molar-refractivity contribution in [1.29, 1.82) is 0 Å². The fraction of sp³-hybridized carbons (Fsp3) is 0.500. The fourth-order valence-electron chi connectivity index (χ4n) is 3.23. The summed E-state index contributed by atoms with van der Waals surface area (Å²) < 4.78 is 0. The van der Waals surface area contributed by atoms with Gasteiger partial charge in [-0.1, -0.05) is 19.4 Å². The maximum atomic E-state index is 12.7. The summed E-state index contributed by atoms with van der Waals surface area (Å²) in [6.45, 7) is 2.07. The lowest BCUT2D eigenvalue weighted by molar-refractivity contribution is 0.0237. The van der Waals surface area contributed by atoms with Crippen molar-refractivity contribution in [1.82, 2.24) is 20.5 Å². The molecule has 1 unspecified atom stereocenters. The summed E-state index contributed by atoms with van der Waals surface area (Å²) in [7, 11) is 0. The fourth-order valence-corrected chi connectivity index (χ4v) is 3.23. The third-order valence-corrected chi connectivity index (χ3v) is 4.65. The molecular weight excluding hydrogens is 304 g/mol. The Labute approximate surface area is 141 Å². The molecule has 1 amide bonds. The minimum Gasteiger partial charge on any atom is -0.393 e. The van der Waals surface area contributed by atoms with Gasteiger partial charge in [0, 0.05) is 30.0 Å². The molecule has 0 aromatic carbocycles. The lowest BCUT2D eigenvalue weighted by atomic mass is 9.76. The van der Waals surface area contributed by atoms with E-state index in [4.69, 9.17) is 0 Å². The molecule has 2 heterocycles. The SMILES string of the molecule is CCCc1[nH]ncc1C(=O)NC(Cc1ccccn1)C1CC(O)C1. The van der Waals surface area contributed by atoms with Gasteiger partial charge in [0.1, 0.15) is 0 Å². The van der Waals surface area contributed by atoms with Gasteiger partial charge in [-0.3, -0.25) is 14.9 Å². The Morgan fingerprint density at radius 2 is 2.29 bits per heavy atom. The van der Waals surface area contributed by atoms with Crippen LogP contribution < -0.4 is 5.32 Å². The van der Waals surface area contributed by atoms with E-state index in [1.807, 2.05) is 18.2 Å². The van der Waals surface area contributed by atoms with Crippen molar-refractivity contribution >= 4 is 5.91 Å². The summed E-state index contributed by atoms with van der Waals surface area (Å²) in [5.41, 5.74) is 2.44. The molecule has 1 aliphatic rings. The lowest BCUT2D eigenvalue weighted by Gasteiger charge is -2.38. The molecule has 1 atom stereocenters. The lowest BCUT2D eigenvalue weighted by Crippen LogP contribution is -2.48. The number of aliphatic hydroxyl groups is 1. The van der Waals surface area contributed by atoms with Crippen LogP contribution in [0.3, 0.4) is 0 Å². The van der Waals surface area contributed by atoms with E-state index in [9.17, 15) is 9.90 Å². The van der Waals surface area contributed by atoms with E-state index >= 15 is 0 Å². The van der Waals surface area contributed by atoms with Crippen LogP contribution in [0, 0.1) is 5.92 Å². The van der Waals surface area contributed by atoms with Gasteiger partial charge in [-0.15, -0.1) is 0 Å². The second kappa shape index (κ2) is 7.57. The van der Waals surface area contributed by atoms with Gasteiger partial charge in [0.15, 0.2) is 0 Å². The standard InChI is InChI=1S/C18H24N4O2/c1-2-5-16-15(11-20-22-16)18(24)21-17(12-8-14(23)9-12)10-13-6-3-4-7-19-13/h3-4,6-7,11-12,14,17,23H,2,5,8-10H2,1H3,(H,20,22)(H,21,24). The Hall–Kier alpha value is -2.21. The van der Waals surface area contributed by atoms with Crippen LogP contribution in [-0.4, -0.2) is 38.3 Å². The molecule has 0 bridgehead atoms. The second-order valence-electron chi connectivity index (χ2n) is 6.50. The summed E-state index contributed by atoms with van der Waals surface area (Å²) in [5, 5.41) is 19.7. The van der Waals surface area contributed by atoms with Crippen molar-refractivity contribution in [3.63, 3.8) is 0 Å². The maximum absolute atomic E-state index is 12.7. The van der Waals surface area contributed by atoms with E-state index in [0.29, 0.717) is 12.0 Å². The van der Waals surface area contributed by atoms with Crippen LogP contribution in [0.15, 0.2) is 30.6 Å². The number of hydrogen-bond acceptors (Lipinski definition) is 4. The molecule has 1 aliphatic carbocycles.